The SMILES string of the molecule is C=CCOc1ccccc1CNC(=NC)NCCN1CCCN(C)CC1. The average molecular weight is 360 g/mol. The van der Waals surface area contributed by atoms with Gasteiger partial charge < -0.3 is 25.2 Å². The second-order valence-corrected chi connectivity index (χ2v) is 6.56. The van der Waals surface area contributed by atoms with Crippen LogP contribution in [-0.4, -0.2) is 75.7 Å². The van der Waals surface area contributed by atoms with Crippen molar-refractivity contribution in [2.45, 2.75) is 13.0 Å². The summed E-state index contributed by atoms with van der Waals surface area (Å²) >= 11 is 0. The standard InChI is InChI=1S/C20H33N5O/c1-4-16-26-19-9-6-5-8-18(19)17-23-20(21-2)22-10-13-25-12-7-11-24(3)14-15-25/h4-6,8-9H,1,7,10-17H2,2-3H3,(H2,21,22,23). The number of nitrogens with zero attached hydrogens (tertiary/aromatic N) is 3. The normalized spacial score (nSPS) is 16.8. The first-order valence-corrected chi connectivity index (χ1v) is 9.40. The molecule has 6 heteroatoms. The Morgan fingerprint density at radius 2 is 2.08 bits per heavy atom. The summed E-state index contributed by atoms with van der Waals surface area (Å²) in [5.74, 6) is 1.69. The highest BCUT2D eigenvalue weighted by molar-refractivity contribution is 5.79. The van der Waals surface area contributed by atoms with Crippen molar-refractivity contribution in [2.75, 3.05) is 60.0 Å². The quantitative estimate of drug-likeness (QED) is 0.419. The average Bonchev–Trinajstić information content (AvgIpc) is 2.87. The van der Waals surface area contributed by atoms with Crippen LogP contribution in [0.4, 0.5) is 0 Å². The first-order valence-electron chi connectivity index (χ1n) is 9.40. The molecule has 0 spiro atoms. The molecule has 1 aliphatic rings. The molecule has 1 aliphatic heterocycles. The van der Waals surface area contributed by atoms with Crippen molar-refractivity contribution in [1.29, 1.82) is 0 Å². The number of hydrogen-bond donors (Lipinski definition) is 2. The molecule has 0 amide bonds. The van der Waals surface area contributed by atoms with Crippen LogP contribution in [0.2, 0.25) is 0 Å². The maximum Gasteiger partial charge on any atom is 0.191 e. The molecule has 0 bridgehead atoms. The molecule has 2 rings (SSSR count). The summed E-state index contributed by atoms with van der Waals surface area (Å²) in [6, 6.07) is 8.04. The fraction of sp³-hybridized carbons (Fsp3) is 0.550. The molecule has 6 nitrogen and oxygen atoms in total. The third kappa shape index (κ3) is 7.06. The van der Waals surface area contributed by atoms with Crippen LogP contribution >= 0.6 is 0 Å². The number of rotatable bonds is 8. The highest BCUT2D eigenvalue weighted by Gasteiger charge is 2.11. The Morgan fingerprint density at radius 3 is 2.88 bits per heavy atom. The molecule has 144 valence electrons. The van der Waals surface area contributed by atoms with Crippen LogP contribution in [-0.2, 0) is 6.54 Å². The van der Waals surface area contributed by atoms with Gasteiger partial charge in [0.15, 0.2) is 5.96 Å². The van der Waals surface area contributed by atoms with Crippen LogP contribution in [0.3, 0.4) is 0 Å². The zero-order valence-corrected chi connectivity index (χ0v) is 16.2. The molecule has 1 saturated heterocycles. The van der Waals surface area contributed by atoms with E-state index in [9.17, 15) is 0 Å². The maximum atomic E-state index is 5.70. The highest BCUT2D eigenvalue weighted by atomic mass is 16.5. The Kier molecular flexibility index (Phi) is 9.00. The van der Waals surface area contributed by atoms with E-state index < -0.39 is 0 Å². The van der Waals surface area contributed by atoms with Gasteiger partial charge in [-0.2, -0.15) is 0 Å². The van der Waals surface area contributed by atoms with Gasteiger partial charge in [-0.1, -0.05) is 30.9 Å². The van der Waals surface area contributed by atoms with Gasteiger partial charge in [-0.05, 0) is 32.6 Å². The van der Waals surface area contributed by atoms with Crippen LogP contribution in [0.15, 0.2) is 41.9 Å². The van der Waals surface area contributed by atoms with Crippen molar-refractivity contribution in [3.63, 3.8) is 0 Å². The lowest BCUT2D eigenvalue weighted by Crippen LogP contribution is -2.42. The fourth-order valence-electron chi connectivity index (χ4n) is 2.99. The van der Waals surface area contributed by atoms with Crippen LogP contribution in [0, 0.1) is 0 Å². The smallest absolute Gasteiger partial charge is 0.191 e. The lowest BCUT2D eigenvalue weighted by molar-refractivity contribution is 0.280. The second kappa shape index (κ2) is 11.5. The Hall–Kier alpha value is -2.05. The first kappa shape index (κ1) is 20.3. The van der Waals surface area contributed by atoms with Gasteiger partial charge in [0.2, 0.25) is 0 Å². The van der Waals surface area contributed by atoms with Gasteiger partial charge in [0.05, 0.1) is 0 Å². The molecule has 1 fully saturated rings. The fourth-order valence-corrected chi connectivity index (χ4v) is 2.99. The predicted molar refractivity (Wildman–Crippen MR) is 109 cm³/mol. The van der Waals surface area contributed by atoms with Gasteiger partial charge in [0, 0.05) is 45.3 Å². The number of ether oxygens (including phenoxy) is 1. The van der Waals surface area contributed by atoms with E-state index in [0.717, 1.165) is 43.5 Å². The lowest BCUT2D eigenvalue weighted by atomic mass is 10.2. The van der Waals surface area contributed by atoms with Crippen molar-refractivity contribution in [3.05, 3.63) is 42.5 Å². The van der Waals surface area contributed by atoms with Gasteiger partial charge in [0.25, 0.3) is 0 Å². The molecule has 0 saturated carbocycles. The maximum absolute atomic E-state index is 5.70. The summed E-state index contributed by atoms with van der Waals surface area (Å²) in [4.78, 5) is 9.24. The van der Waals surface area contributed by atoms with E-state index in [0.29, 0.717) is 13.2 Å². The minimum absolute atomic E-state index is 0.509. The van der Waals surface area contributed by atoms with E-state index in [1.807, 2.05) is 18.2 Å². The summed E-state index contributed by atoms with van der Waals surface area (Å²) in [5.41, 5.74) is 1.10. The van der Waals surface area contributed by atoms with E-state index in [4.69, 9.17) is 4.74 Å². The number of nitrogens with one attached hydrogen (secondary N) is 2. The summed E-state index contributed by atoms with van der Waals surface area (Å²) in [7, 11) is 4.00. The minimum atomic E-state index is 0.509. The first-order chi connectivity index (χ1) is 12.7. The molecule has 0 aliphatic carbocycles. The van der Waals surface area contributed by atoms with Crippen LogP contribution in [0.1, 0.15) is 12.0 Å². The molecule has 0 atom stereocenters. The van der Waals surface area contributed by atoms with Crippen LogP contribution < -0.4 is 15.4 Å². The van der Waals surface area contributed by atoms with Crippen molar-refractivity contribution in [2.24, 2.45) is 4.99 Å². The molecular formula is C20H33N5O. The largest absolute Gasteiger partial charge is 0.489 e. The highest BCUT2D eigenvalue weighted by Crippen LogP contribution is 2.17. The molecule has 1 aromatic rings. The molecular weight excluding hydrogens is 326 g/mol. The minimum Gasteiger partial charge on any atom is -0.489 e. The number of para-hydroxylation sites is 1. The molecule has 1 heterocycles. The molecule has 0 aromatic heterocycles. The Labute approximate surface area is 157 Å². The Balaban J connectivity index is 1.75. The second-order valence-electron chi connectivity index (χ2n) is 6.56. The zero-order valence-electron chi connectivity index (χ0n) is 16.2. The zero-order chi connectivity index (χ0) is 18.6. The van der Waals surface area contributed by atoms with E-state index >= 15 is 0 Å². The van der Waals surface area contributed by atoms with E-state index in [1.165, 1.54) is 19.5 Å². The van der Waals surface area contributed by atoms with Gasteiger partial charge in [-0.15, -0.1) is 0 Å². The number of likely N-dealkylation sites (N-methyl/N-ethyl adjacent to an activating group) is 1. The summed E-state index contributed by atoms with van der Waals surface area (Å²) in [6.45, 7) is 11.5. The van der Waals surface area contributed by atoms with Crippen molar-refractivity contribution >= 4 is 5.96 Å². The summed E-state index contributed by atoms with van der Waals surface area (Å²) in [6.07, 6.45) is 3.00. The number of guanidine groups is 1. The van der Waals surface area contributed by atoms with Crippen LogP contribution in [0.25, 0.3) is 0 Å². The molecule has 2 N–H and O–H groups in total. The molecule has 1 aromatic carbocycles. The Bertz CT molecular complexity index is 575. The molecule has 0 radical (unpaired) electrons. The number of aliphatic imine (C=N–C) groups is 1. The van der Waals surface area contributed by atoms with Gasteiger partial charge in [0.1, 0.15) is 12.4 Å². The summed E-state index contributed by atoms with van der Waals surface area (Å²) < 4.78 is 5.70. The van der Waals surface area contributed by atoms with Gasteiger partial charge >= 0.3 is 0 Å². The van der Waals surface area contributed by atoms with E-state index in [1.54, 1.807) is 13.1 Å². The van der Waals surface area contributed by atoms with E-state index in [2.05, 4.69) is 45.1 Å². The summed E-state index contributed by atoms with van der Waals surface area (Å²) in [5, 5.41) is 6.77. The monoisotopic (exact) mass is 359 g/mol. The van der Waals surface area contributed by atoms with Crippen LogP contribution in [0.5, 0.6) is 5.75 Å². The van der Waals surface area contributed by atoms with Crippen molar-refractivity contribution < 1.29 is 4.74 Å². The number of hydrogen-bond acceptors (Lipinski definition) is 4. The number of benzene rings is 1. The topological polar surface area (TPSA) is 52.1 Å². The third-order valence-corrected chi connectivity index (χ3v) is 4.53. The van der Waals surface area contributed by atoms with Crippen molar-refractivity contribution in [3.8, 4) is 5.75 Å². The van der Waals surface area contributed by atoms with Crippen molar-refractivity contribution in [1.82, 2.24) is 20.4 Å². The molecule has 26 heavy (non-hydrogen) atoms. The van der Waals surface area contributed by atoms with Gasteiger partial charge in [-0.25, -0.2) is 0 Å². The Morgan fingerprint density at radius 1 is 1.23 bits per heavy atom. The third-order valence-electron chi connectivity index (χ3n) is 4.53. The van der Waals surface area contributed by atoms with E-state index in [-0.39, 0.29) is 0 Å². The predicted octanol–water partition coefficient (Wildman–Crippen LogP) is 1.55. The van der Waals surface area contributed by atoms with Gasteiger partial charge in [-0.3, -0.25) is 4.99 Å². The lowest BCUT2D eigenvalue weighted by Gasteiger charge is -2.21. The molecule has 0 unspecified atom stereocenters.